The van der Waals surface area contributed by atoms with E-state index in [1.807, 2.05) is 54.6 Å². The van der Waals surface area contributed by atoms with Gasteiger partial charge in [-0.05, 0) is 23.3 Å². The molecule has 0 saturated carbocycles. The van der Waals surface area contributed by atoms with E-state index in [4.69, 9.17) is 16.3 Å². The Kier molecular flexibility index (Phi) is 7.82. The fourth-order valence-corrected chi connectivity index (χ4v) is 3.19. The van der Waals surface area contributed by atoms with Crippen LogP contribution in [0.15, 0.2) is 54.6 Å². The minimum Gasteiger partial charge on any atom is -0.467 e. The Morgan fingerprint density at radius 2 is 1.76 bits per heavy atom. The first-order valence-corrected chi connectivity index (χ1v) is 9.35. The average molecular weight is 378 g/mol. The maximum atomic E-state index is 12.1. The summed E-state index contributed by atoms with van der Waals surface area (Å²) in [4.78, 5) is 24.1. The molecule has 0 unspecified atom stereocenters. The second-order valence-electron chi connectivity index (χ2n) is 5.45. The highest BCUT2D eigenvalue weighted by Gasteiger charge is 2.21. The fourth-order valence-electron chi connectivity index (χ4n) is 2.26. The van der Waals surface area contributed by atoms with E-state index < -0.39 is 12.0 Å². The number of ether oxygens (including phenoxy) is 1. The molecule has 0 fully saturated rings. The van der Waals surface area contributed by atoms with Gasteiger partial charge in [0.15, 0.2) is 0 Å². The molecule has 0 saturated heterocycles. The van der Waals surface area contributed by atoms with Crippen molar-refractivity contribution in [3.63, 3.8) is 0 Å². The molecule has 2 aromatic carbocycles. The number of rotatable bonds is 8. The number of halogens is 1. The Balaban J connectivity index is 1.84. The van der Waals surface area contributed by atoms with Crippen LogP contribution in [-0.4, -0.2) is 30.8 Å². The van der Waals surface area contributed by atoms with Gasteiger partial charge < -0.3 is 10.1 Å². The van der Waals surface area contributed by atoms with Gasteiger partial charge >= 0.3 is 5.97 Å². The largest absolute Gasteiger partial charge is 0.467 e. The summed E-state index contributed by atoms with van der Waals surface area (Å²) < 4.78 is 4.80. The number of esters is 1. The average Bonchev–Trinajstić information content (AvgIpc) is 2.63. The van der Waals surface area contributed by atoms with Crippen LogP contribution in [0.25, 0.3) is 0 Å². The van der Waals surface area contributed by atoms with E-state index >= 15 is 0 Å². The van der Waals surface area contributed by atoms with Gasteiger partial charge in [-0.15, -0.1) is 11.8 Å². The lowest BCUT2D eigenvalue weighted by atomic mass is 10.1. The Hall–Kier alpha value is -1.98. The van der Waals surface area contributed by atoms with Crippen LogP contribution in [0.3, 0.4) is 0 Å². The van der Waals surface area contributed by atoms with Gasteiger partial charge in [-0.2, -0.15) is 0 Å². The van der Waals surface area contributed by atoms with Crippen molar-refractivity contribution in [1.82, 2.24) is 5.32 Å². The van der Waals surface area contributed by atoms with Gasteiger partial charge in [-0.25, -0.2) is 4.79 Å². The molecule has 0 aliphatic heterocycles. The molecule has 0 radical (unpaired) electrons. The van der Waals surface area contributed by atoms with Crippen molar-refractivity contribution in [2.24, 2.45) is 0 Å². The predicted octanol–water partition coefficient (Wildman–Crippen LogP) is 3.47. The maximum Gasteiger partial charge on any atom is 0.328 e. The van der Waals surface area contributed by atoms with E-state index in [9.17, 15) is 9.59 Å². The molecule has 1 atom stereocenters. The Morgan fingerprint density at radius 1 is 1.08 bits per heavy atom. The van der Waals surface area contributed by atoms with Crippen LogP contribution < -0.4 is 5.32 Å². The lowest BCUT2D eigenvalue weighted by Crippen LogP contribution is -2.43. The summed E-state index contributed by atoms with van der Waals surface area (Å²) >= 11 is 7.33. The quantitative estimate of drug-likeness (QED) is 0.715. The highest BCUT2D eigenvalue weighted by molar-refractivity contribution is 7.99. The number of methoxy groups -OCH3 is 1. The van der Waals surface area contributed by atoms with Crippen molar-refractivity contribution in [2.45, 2.75) is 18.2 Å². The summed E-state index contributed by atoms with van der Waals surface area (Å²) in [7, 11) is 1.32. The lowest BCUT2D eigenvalue weighted by molar-refractivity contribution is -0.144. The molecule has 0 heterocycles. The molecule has 0 aliphatic rings. The molecule has 2 rings (SSSR count). The van der Waals surface area contributed by atoms with E-state index in [0.717, 1.165) is 11.1 Å². The van der Waals surface area contributed by atoms with Gasteiger partial charge in [-0.1, -0.05) is 54.1 Å². The molecule has 1 N–H and O–H groups in total. The highest BCUT2D eigenvalue weighted by atomic mass is 35.5. The molecule has 1 amide bonds. The SMILES string of the molecule is COC(=O)[C@H](Cc1ccccc1)NC(=O)CSCc1ccc(Cl)cc1. The summed E-state index contributed by atoms with van der Waals surface area (Å²) in [6.45, 7) is 0. The number of carbonyl (C=O) groups excluding carboxylic acids is 2. The molecule has 0 spiro atoms. The zero-order valence-corrected chi connectivity index (χ0v) is 15.5. The zero-order valence-electron chi connectivity index (χ0n) is 13.9. The van der Waals surface area contributed by atoms with Gasteiger partial charge in [0.1, 0.15) is 6.04 Å². The predicted molar refractivity (Wildman–Crippen MR) is 102 cm³/mol. The van der Waals surface area contributed by atoms with Gasteiger partial charge in [-0.3, -0.25) is 4.79 Å². The normalized spacial score (nSPS) is 11.6. The number of nitrogens with one attached hydrogen (secondary N) is 1. The first-order valence-electron chi connectivity index (χ1n) is 7.82. The molecule has 0 bridgehead atoms. The summed E-state index contributed by atoms with van der Waals surface area (Å²) in [6.07, 6.45) is 0.404. The number of benzene rings is 2. The van der Waals surface area contributed by atoms with Crippen LogP contribution in [0.5, 0.6) is 0 Å². The topological polar surface area (TPSA) is 55.4 Å². The van der Waals surface area contributed by atoms with Crippen molar-refractivity contribution < 1.29 is 14.3 Å². The molecular formula is C19H20ClNO3S. The van der Waals surface area contributed by atoms with Crippen molar-refractivity contribution >= 4 is 35.2 Å². The van der Waals surface area contributed by atoms with Gasteiger partial charge in [0.25, 0.3) is 0 Å². The van der Waals surface area contributed by atoms with Gasteiger partial charge in [0.2, 0.25) is 5.91 Å². The van der Waals surface area contributed by atoms with Crippen LogP contribution in [0.2, 0.25) is 5.02 Å². The zero-order chi connectivity index (χ0) is 18.1. The van der Waals surface area contributed by atoms with E-state index in [0.29, 0.717) is 17.2 Å². The third-order valence-corrected chi connectivity index (χ3v) is 4.77. The maximum absolute atomic E-state index is 12.1. The van der Waals surface area contributed by atoms with E-state index in [-0.39, 0.29) is 11.7 Å². The van der Waals surface area contributed by atoms with Crippen LogP contribution in [0.1, 0.15) is 11.1 Å². The highest BCUT2D eigenvalue weighted by Crippen LogP contribution is 2.15. The molecule has 2 aromatic rings. The first kappa shape index (κ1) is 19.3. The van der Waals surface area contributed by atoms with Crippen molar-refractivity contribution in [1.29, 1.82) is 0 Å². The van der Waals surface area contributed by atoms with Crippen molar-refractivity contribution in [3.8, 4) is 0 Å². The van der Waals surface area contributed by atoms with Gasteiger partial charge in [0.05, 0.1) is 12.9 Å². The number of carbonyl (C=O) groups is 2. The number of thioether (sulfide) groups is 1. The molecule has 6 heteroatoms. The Bertz CT molecular complexity index is 692. The monoisotopic (exact) mass is 377 g/mol. The van der Waals surface area contributed by atoms with Crippen LogP contribution in [0.4, 0.5) is 0 Å². The summed E-state index contributed by atoms with van der Waals surface area (Å²) in [6, 6.07) is 16.4. The van der Waals surface area contributed by atoms with E-state index in [1.165, 1.54) is 18.9 Å². The molecule has 0 aliphatic carbocycles. The third-order valence-electron chi connectivity index (χ3n) is 3.52. The Labute approximate surface area is 156 Å². The minimum atomic E-state index is -0.684. The van der Waals surface area contributed by atoms with E-state index in [2.05, 4.69) is 5.32 Å². The minimum absolute atomic E-state index is 0.190. The first-order chi connectivity index (χ1) is 12.1. The van der Waals surface area contributed by atoms with Crippen molar-refractivity contribution in [2.75, 3.05) is 12.9 Å². The molecule has 25 heavy (non-hydrogen) atoms. The summed E-state index contributed by atoms with van der Waals surface area (Å²) in [5, 5.41) is 3.44. The third kappa shape index (κ3) is 6.80. The molecule has 4 nitrogen and oxygen atoms in total. The summed E-state index contributed by atoms with van der Waals surface area (Å²) in [5.74, 6) is 0.335. The number of amides is 1. The smallest absolute Gasteiger partial charge is 0.328 e. The second kappa shape index (κ2) is 10.1. The molecule has 0 aromatic heterocycles. The molecular weight excluding hydrogens is 358 g/mol. The van der Waals surface area contributed by atoms with Crippen LogP contribution in [-0.2, 0) is 26.5 Å². The lowest BCUT2D eigenvalue weighted by Gasteiger charge is -2.16. The van der Waals surface area contributed by atoms with Crippen LogP contribution >= 0.6 is 23.4 Å². The number of hydrogen-bond acceptors (Lipinski definition) is 4. The number of hydrogen-bond donors (Lipinski definition) is 1. The van der Waals surface area contributed by atoms with E-state index in [1.54, 1.807) is 0 Å². The second-order valence-corrected chi connectivity index (χ2v) is 6.87. The van der Waals surface area contributed by atoms with Crippen LogP contribution in [0, 0.1) is 0 Å². The molecule has 132 valence electrons. The van der Waals surface area contributed by atoms with Gasteiger partial charge in [0, 0.05) is 17.2 Å². The standard InChI is InChI=1S/C19H20ClNO3S/c1-24-19(23)17(11-14-5-3-2-4-6-14)21-18(22)13-25-12-15-7-9-16(20)10-8-15/h2-10,17H,11-13H2,1H3,(H,21,22)/t17-/m0/s1. The van der Waals surface area contributed by atoms with Crippen molar-refractivity contribution in [3.05, 3.63) is 70.7 Å². The Morgan fingerprint density at radius 3 is 2.40 bits per heavy atom. The fraction of sp³-hybridized carbons (Fsp3) is 0.263. The summed E-state index contributed by atoms with van der Waals surface area (Å²) in [5.41, 5.74) is 2.06.